The molecule has 0 atom stereocenters. The Labute approximate surface area is 152 Å². The van der Waals surface area contributed by atoms with Crippen LogP contribution in [0, 0.1) is 0 Å². The summed E-state index contributed by atoms with van der Waals surface area (Å²) >= 11 is 3.48. The normalized spacial score (nSPS) is 15.5. The van der Waals surface area contributed by atoms with Gasteiger partial charge in [-0.25, -0.2) is 0 Å². The van der Waals surface area contributed by atoms with Crippen LogP contribution in [0.3, 0.4) is 0 Å². The molecule has 2 aromatic carbocycles. The number of hydrogen-bond acceptors (Lipinski definition) is 2. The van der Waals surface area contributed by atoms with Crippen molar-refractivity contribution in [3.8, 4) is 0 Å². The Bertz CT molecular complexity index is 666. The van der Waals surface area contributed by atoms with Crippen molar-refractivity contribution in [3.63, 3.8) is 0 Å². The smallest absolute Gasteiger partial charge is 0.222 e. The van der Waals surface area contributed by atoms with E-state index in [-0.39, 0.29) is 5.91 Å². The molecule has 0 unspecified atom stereocenters. The summed E-state index contributed by atoms with van der Waals surface area (Å²) in [5.74, 6) is 0.273. The number of amides is 1. The molecule has 126 valence electrons. The summed E-state index contributed by atoms with van der Waals surface area (Å²) in [6, 6.07) is 18.7. The van der Waals surface area contributed by atoms with Crippen molar-refractivity contribution in [3.05, 3.63) is 70.2 Å². The van der Waals surface area contributed by atoms with E-state index in [0.29, 0.717) is 6.42 Å². The van der Waals surface area contributed by atoms with Crippen LogP contribution in [0.25, 0.3) is 0 Å². The van der Waals surface area contributed by atoms with Crippen molar-refractivity contribution in [1.82, 2.24) is 9.80 Å². The lowest BCUT2D eigenvalue weighted by Crippen LogP contribution is -2.48. The number of benzene rings is 2. The van der Waals surface area contributed by atoms with Crippen LogP contribution in [0.5, 0.6) is 0 Å². The van der Waals surface area contributed by atoms with E-state index < -0.39 is 0 Å². The average molecular weight is 387 g/mol. The number of nitrogens with zero attached hydrogens (tertiary/aromatic N) is 2. The van der Waals surface area contributed by atoms with Gasteiger partial charge in [0.2, 0.25) is 5.91 Å². The highest BCUT2D eigenvalue weighted by Gasteiger charge is 2.20. The summed E-state index contributed by atoms with van der Waals surface area (Å²) in [6.45, 7) is 4.56. The molecule has 1 amide bonds. The molecule has 0 spiro atoms. The minimum Gasteiger partial charge on any atom is -0.340 e. The molecule has 1 saturated heterocycles. The highest BCUT2D eigenvalue weighted by atomic mass is 79.9. The largest absolute Gasteiger partial charge is 0.340 e. The van der Waals surface area contributed by atoms with Crippen molar-refractivity contribution >= 4 is 21.8 Å². The number of carbonyl (C=O) groups is 1. The highest BCUT2D eigenvalue weighted by molar-refractivity contribution is 9.10. The second-order valence-electron chi connectivity index (χ2n) is 6.27. The van der Waals surface area contributed by atoms with Crippen LogP contribution in [0.4, 0.5) is 0 Å². The van der Waals surface area contributed by atoms with Crippen molar-refractivity contribution in [1.29, 1.82) is 0 Å². The van der Waals surface area contributed by atoms with E-state index in [4.69, 9.17) is 0 Å². The first-order valence-electron chi connectivity index (χ1n) is 8.49. The first-order chi connectivity index (χ1) is 11.7. The molecule has 0 saturated carbocycles. The molecule has 4 heteroatoms. The quantitative estimate of drug-likeness (QED) is 0.781. The van der Waals surface area contributed by atoms with E-state index in [2.05, 4.69) is 57.2 Å². The SMILES string of the molecule is O=C(CCc1cccc(Br)c1)N1CCN(Cc2ccccc2)CC1. The van der Waals surface area contributed by atoms with Crippen molar-refractivity contribution in [2.45, 2.75) is 19.4 Å². The Morgan fingerprint density at radius 3 is 2.33 bits per heavy atom. The average Bonchev–Trinajstić information content (AvgIpc) is 2.61. The molecule has 0 bridgehead atoms. The monoisotopic (exact) mass is 386 g/mol. The van der Waals surface area contributed by atoms with E-state index in [9.17, 15) is 4.79 Å². The Hall–Kier alpha value is -1.65. The number of halogens is 1. The summed E-state index contributed by atoms with van der Waals surface area (Å²) in [5.41, 5.74) is 2.55. The third-order valence-electron chi connectivity index (χ3n) is 4.49. The lowest BCUT2D eigenvalue weighted by Gasteiger charge is -2.34. The van der Waals surface area contributed by atoms with E-state index in [0.717, 1.165) is 43.6 Å². The van der Waals surface area contributed by atoms with Gasteiger partial charge in [-0.05, 0) is 29.7 Å². The van der Waals surface area contributed by atoms with Crippen LogP contribution in [0.2, 0.25) is 0 Å². The van der Waals surface area contributed by atoms with Gasteiger partial charge in [-0.15, -0.1) is 0 Å². The molecule has 0 aliphatic carbocycles. The lowest BCUT2D eigenvalue weighted by molar-refractivity contribution is -0.133. The zero-order valence-electron chi connectivity index (χ0n) is 13.8. The molecule has 0 aromatic heterocycles. The summed E-state index contributed by atoms with van der Waals surface area (Å²) in [7, 11) is 0. The zero-order valence-corrected chi connectivity index (χ0v) is 15.4. The summed E-state index contributed by atoms with van der Waals surface area (Å²) in [6.07, 6.45) is 1.40. The maximum absolute atomic E-state index is 12.4. The molecular weight excluding hydrogens is 364 g/mol. The Morgan fingerprint density at radius 2 is 1.62 bits per heavy atom. The third kappa shape index (κ3) is 4.92. The van der Waals surface area contributed by atoms with Gasteiger partial charge in [-0.3, -0.25) is 9.69 Å². The van der Waals surface area contributed by atoms with E-state index >= 15 is 0 Å². The molecule has 1 aliphatic heterocycles. The molecular formula is C20H23BrN2O. The van der Waals surface area contributed by atoms with Crippen LogP contribution >= 0.6 is 15.9 Å². The molecule has 1 heterocycles. The topological polar surface area (TPSA) is 23.6 Å². The predicted molar refractivity (Wildman–Crippen MR) is 101 cm³/mol. The summed E-state index contributed by atoms with van der Waals surface area (Å²) < 4.78 is 1.07. The fourth-order valence-corrected chi connectivity index (χ4v) is 3.55. The maximum Gasteiger partial charge on any atom is 0.222 e. The van der Waals surface area contributed by atoms with Crippen LogP contribution in [0.1, 0.15) is 17.5 Å². The molecule has 3 nitrogen and oxygen atoms in total. The van der Waals surface area contributed by atoms with E-state index in [1.54, 1.807) is 0 Å². The van der Waals surface area contributed by atoms with Crippen molar-refractivity contribution < 1.29 is 4.79 Å². The lowest BCUT2D eigenvalue weighted by atomic mass is 10.1. The number of piperazine rings is 1. The fraction of sp³-hybridized carbons (Fsp3) is 0.350. The minimum absolute atomic E-state index is 0.273. The second-order valence-corrected chi connectivity index (χ2v) is 7.19. The van der Waals surface area contributed by atoms with Gasteiger partial charge in [-0.1, -0.05) is 58.4 Å². The molecule has 1 fully saturated rings. The van der Waals surface area contributed by atoms with Crippen LogP contribution in [0.15, 0.2) is 59.1 Å². The Kier molecular flexibility index (Phi) is 6.05. The van der Waals surface area contributed by atoms with Crippen molar-refractivity contribution in [2.24, 2.45) is 0 Å². The number of hydrogen-bond donors (Lipinski definition) is 0. The number of rotatable bonds is 5. The van der Waals surface area contributed by atoms with Crippen LogP contribution in [-0.2, 0) is 17.8 Å². The van der Waals surface area contributed by atoms with Crippen LogP contribution < -0.4 is 0 Å². The molecule has 1 aliphatic rings. The van der Waals surface area contributed by atoms with E-state index in [1.165, 1.54) is 11.1 Å². The standard InChI is InChI=1S/C20H23BrN2O/c21-19-8-4-7-17(15-19)9-10-20(24)23-13-11-22(12-14-23)16-18-5-2-1-3-6-18/h1-8,15H,9-14,16H2. The van der Waals surface area contributed by atoms with Gasteiger partial charge in [0.25, 0.3) is 0 Å². The molecule has 24 heavy (non-hydrogen) atoms. The first kappa shape index (κ1) is 17.2. The first-order valence-corrected chi connectivity index (χ1v) is 9.28. The second kappa shape index (κ2) is 8.45. The summed E-state index contributed by atoms with van der Waals surface area (Å²) in [5, 5.41) is 0. The summed E-state index contributed by atoms with van der Waals surface area (Å²) in [4.78, 5) is 16.9. The zero-order chi connectivity index (χ0) is 16.8. The molecule has 0 radical (unpaired) electrons. The van der Waals surface area contributed by atoms with Gasteiger partial charge in [0.15, 0.2) is 0 Å². The van der Waals surface area contributed by atoms with E-state index in [1.807, 2.05) is 23.1 Å². The highest BCUT2D eigenvalue weighted by Crippen LogP contribution is 2.14. The van der Waals surface area contributed by atoms with Crippen molar-refractivity contribution in [2.75, 3.05) is 26.2 Å². The Morgan fingerprint density at radius 1 is 0.917 bits per heavy atom. The van der Waals surface area contributed by atoms with Gasteiger partial charge in [0.05, 0.1) is 0 Å². The van der Waals surface area contributed by atoms with Gasteiger partial charge in [0.1, 0.15) is 0 Å². The minimum atomic E-state index is 0.273. The van der Waals surface area contributed by atoms with Gasteiger partial charge >= 0.3 is 0 Å². The van der Waals surface area contributed by atoms with Gasteiger partial charge in [0, 0.05) is 43.6 Å². The molecule has 3 rings (SSSR count). The van der Waals surface area contributed by atoms with Gasteiger partial charge < -0.3 is 4.90 Å². The maximum atomic E-state index is 12.4. The van der Waals surface area contributed by atoms with Crippen LogP contribution in [-0.4, -0.2) is 41.9 Å². The van der Waals surface area contributed by atoms with Gasteiger partial charge in [-0.2, -0.15) is 0 Å². The fourth-order valence-electron chi connectivity index (χ4n) is 3.10. The molecule has 0 N–H and O–H groups in total. The Balaban J connectivity index is 1.43. The number of aryl methyl sites for hydroxylation is 1. The molecule has 2 aromatic rings. The number of carbonyl (C=O) groups excluding carboxylic acids is 1. The third-order valence-corrected chi connectivity index (χ3v) is 4.98. The predicted octanol–water partition coefficient (Wildman–Crippen LogP) is 3.73.